The van der Waals surface area contributed by atoms with Gasteiger partial charge in [0.05, 0.1) is 17.8 Å². The molecule has 0 unspecified atom stereocenters. The van der Waals surface area contributed by atoms with Crippen LogP contribution in [0.25, 0.3) is 0 Å². The van der Waals surface area contributed by atoms with E-state index in [2.05, 4.69) is 5.32 Å². The lowest BCUT2D eigenvalue weighted by molar-refractivity contribution is -0.119. The van der Waals surface area contributed by atoms with Crippen molar-refractivity contribution in [1.82, 2.24) is 0 Å². The minimum atomic E-state index is -0.617. The van der Waals surface area contributed by atoms with Gasteiger partial charge in [-0.1, -0.05) is 25.4 Å². The van der Waals surface area contributed by atoms with Crippen LogP contribution in [0.4, 0.5) is 10.5 Å². The summed E-state index contributed by atoms with van der Waals surface area (Å²) in [7, 11) is 1.49. The second kappa shape index (κ2) is 8.38. The molecule has 1 rings (SSSR count). The van der Waals surface area contributed by atoms with Crippen LogP contribution in [0.5, 0.6) is 5.75 Å². The molecule has 6 heteroatoms. The number of carbonyl (C=O) groups is 2. The standard InChI is InChI=1S/C18H26ClNO4/c1-11(2)7-13(21)8-12-9-14(19)16(23-6)10-15(12)20-17(22)24-18(3,4)5/h9-11H,7-8H2,1-6H3,(H,20,22). The maximum atomic E-state index is 12.1. The molecule has 0 aromatic heterocycles. The van der Waals surface area contributed by atoms with Crippen molar-refractivity contribution in [2.45, 2.75) is 53.1 Å². The van der Waals surface area contributed by atoms with Gasteiger partial charge in [0.25, 0.3) is 0 Å². The van der Waals surface area contributed by atoms with Crippen LogP contribution in [-0.4, -0.2) is 24.6 Å². The molecule has 0 bridgehead atoms. The largest absolute Gasteiger partial charge is 0.495 e. The summed E-state index contributed by atoms with van der Waals surface area (Å²) in [6.07, 6.45) is 0.0622. The first-order chi connectivity index (χ1) is 11.0. The van der Waals surface area contributed by atoms with E-state index < -0.39 is 11.7 Å². The third-order valence-electron chi connectivity index (χ3n) is 3.04. The molecule has 1 N–H and O–H groups in total. The molecule has 1 amide bonds. The van der Waals surface area contributed by atoms with Gasteiger partial charge in [0.2, 0.25) is 0 Å². The van der Waals surface area contributed by atoms with Gasteiger partial charge in [-0.2, -0.15) is 0 Å². The summed E-state index contributed by atoms with van der Waals surface area (Å²) in [5.74, 6) is 0.773. The first-order valence-corrected chi connectivity index (χ1v) is 8.27. The van der Waals surface area contributed by atoms with Crippen molar-refractivity contribution in [3.05, 3.63) is 22.7 Å². The average Bonchev–Trinajstić information content (AvgIpc) is 2.38. The molecule has 1 aromatic rings. The van der Waals surface area contributed by atoms with Gasteiger partial charge in [-0.3, -0.25) is 10.1 Å². The number of ketones is 1. The second-order valence-corrected chi connectivity index (χ2v) is 7.49. The highest BCUT2D eigenvalue weighted by molar-refractivity contribution is 6.32. The van der Waals surface area contributed by atoms with Crippen LogP contribution in [0.3, 0.4) is 0 Å². The molecule has 0 atom stereocenters. The maximum absolute atomic E-state index is 12.1. The zero-order chi connectivity index (χ0) is 18.5. The van der Waals surface area contributed by atoms with Crippen molar-refractivity contribution in [1.29, 1.82) is 0 Å². The van der Waals surface area contributed by atoms with Crippen molar-refractivity contribution >= 4 is 29.2 Å². The van der Waals surface area contributed by atoms with Crippen molar-refractivity contribution in [3.8, 4) is 5.75 Å². The second-order valence-electron chi connectivity index (χ2n) is 7.08. The first-order valence-electron chi connectivity index (χ1n) is 7.90. The lowest BCUT2D eigenvalue weighted by atomic mass is 10.00. The molecule has 0 radical (unpaired) electrons. The monoisotopic (exact) mass is 355 g/mol. The number of Topliss-reactive ketones (excluding diaryl/α,β-unsaturated/α-hetero) is 1. The van der Waals surface area contributed by atoms with Crippen molar-refractivity contribution in [2.24, 2.45) is 5.92 Å². The number of anilines is 1. The molecular formula is C18H26ClNO4. The van der Waals surface area contributed by atoms with Gasteiger partial charge in [0, 0.05) is 18.9 Å². The number of nitrogens with one attached hydrogen (secondary N) is 1. The van der Waals surface area contributed by atoms with Crippen LogP contribution in [0.2, 0.25) is 5.02 Å². The van der Waals surface area contributed by atoms with Crippen LogP contribution in [0, 0.1) is 5.92 Å². The van der Waals surface area contributed by atoms with E-state index in [1.165, 1.54) is 7.11 Å². The van der Waals surface area contributed by atoms with Crippen LogP contribution in [0.15, 0.2) is 12.1 Å². The third-order valence-corrected chi connectivity index (χ3v) is 3.33. The van der Waals surface area contributed by atoms with Crippen molar-refractivity contribution in [2.75, 3.05) is 12.4 Å². The lowest BCUT2D eigenvalue weighted by Crippen LogP contribution is -2.27. The molecule has 24 heavy (non-hydrogen) atoms. The summed E-state index contributed by atoms with van der Waals surface area (Å²) in [6, 6.07) is 3.25. The first kappa shape index (κ1) is 20.3. The normalized spacial score (nSPS) is 11.3. The average molecular weight is 356 g/mol. The quantitative estimate of drug-likeness (QED) is 0.791. The number of halogens is 1. The molecule has 0 aliphatic carbocycles. The van der Waals surface area contributed by atoms with E-state index in [9.17, 15) is 9.59 Å². The minimum Gasteiger partial charge on any atom is -0.495 e. The highest BCUT2D eigenvalue weighted by atomic mass is 35.5. The molecule has 0 aliphatic heterocycles. The smallest absolute Gasteiger partial charge is 0.412 e. The summed E-state index contributed by atoms with van der Waals surface area (Å²) in [5, 5.41) is 3.06. The Morgan fingerprint density at radius 3 is 2.38 bits per heavy atom. The Labute approximate surface area is 148 Å². The zero-order valence-corrected chi connectivity index (χ0v) is 15.9. The molecule has 5 nitrogen and oxygen atoms in total. The van der Waals surface area contributed by atoms with Crippen LogP contribution < -0.4 is 10.1 Å². The number of ether oxygens (including phenoxy) is 2. The van der Waals surface area contributed by atoms with E-state index >= 15 is 0 Å². The number of hydrogen-bond acceptors (Lipinski definition) is 4. The summed E-state index contributed by atoms with van der Waals surface area (Å²) in [5.41, 5.74) is 0.480. The Bertz CT molecular complexity index is 606. The van der Waals surface area contributed by atoms with Gasteiger partial charge >= 0.3 is 6.09 Å². The molecule has 0 saturated carbocycles. The SMILES string of the molecule is COc1cc(NC(=O)OC(C)(C)C)c(CC(=O)CC(C)C)cc1Cl. The van der Waals surface area contributed by atoms with E-state index in [1.807, 2.05) is 13.8 Å². The third kappa shape index (κ3) is 6.79. The molecular weight excluding hydrogens is 330 g/mol. The number of methoxy groups -OCH3 is 1. The van der Waals surface area contributed by atoms with E-state index in [4.69, 9.17) is 21.1 Å². The van der Waals surface area contributed by atoms with E-state index in [1.54, 1.807) is 32.9 Å². The molecule has 0 aliphatic rings. The van der Waals surface area contributed by atoms with Gasteiger partial charge < -0.3 is 9.47 Å². The van der Waals surface area contributed by atoms with Gasteiger partial charge in [-0.25, -0.2) is 4.79 Å². The van der Waals surface area contributed by atoms with E-state index in [0.29, 0.717) is 28.4 Å². The van der Waals surface area contributed by atoms with E-state index in [-0.39, 0.29) is 18.1 Å². The maximum Gasteiger partial charge on any atom is 0.412 e. The molecule has 0 fully saturated rings. The highest BCUT2D eigenvalue weighted by Gasteiger charge is 2.19. The number of benzene rings is 1. The fourth-order valence-electron chi connectivity index (χ4n) is 2.17. The molecule has 0 saturated heterocycles. The Balaban J connectivity index is 3.06. The number of amides is 1. The molecule has 0 spiro atoms. The summed E-state index contributed by atoms with van der Waals surface area (Å²) >= 11 is 6.15. The fraction of sp³-hybridized carbons (Fsp3) is 0.556. The number of hydrogen-bond donors (Lipinski definition) is 1. The summed E-state index contributed by atoms with van der Waals surface area (Å²) < 4.78 is 10.4. The van der Waals surface area contributed by atoms with Crippen LogP contribution >= 0.6 is 11.6 Å². The minimum absolute atomic E-state index is 0.0819. The van der Waals surface area contributed by atoms with Crippen LogP contribution in [0.1, 0.15) is 46.6 Å². The molecule has 0 heterocycles. The predicted molar refractivity (Wildman–Crippen MR) is 96.0 cm³/mol. The number of carbonyl (C=O) groups excluding carboxylic acids is 2. The Morgan fingerprint density at radius 1 is 1.25 bits per heavy atom. The van der Waals surface area contributed by atoms with Crippen LogP contribution in [-0.2, 0) is 16.0 Å². The summed E-state index contributed by atoms with van der Waals surface area (Å²) in [6.45, 7) is 9.31. The van der Waals surface area contributed by atoms with Gasteiger partial charge in [0.1, 0.15) is 17.1 Å². The zero-order valence-electron chi connectivity index (χ0n) is 15.2. The van der Waals surface area contributed by atoms with Gasteiger partial charge in [-0.05, 0) is 38.3 Å². The van der Waals surface area contributed by atoms with E-state index in [0.717, 1.165) is 0 Å². The topological polar surface area (TPSA) is 64.6 Å². The van der Waals surface area contributed by atoms with Crippen molar-refractivity contribution in [3.63, 3.8) is 0 Å². The number of rotatable bonds is 6. The van der Waals surface area contributed by atoms with Crippen molar-refractivity contribution < 1.29 is 19.1 Å². The van der Waals surface area contributed by atoms with Gasteiger partial charge in [-0.15, -0.1) is 0 Å². The predicted octanol–water partition coefficient (Wildman–Crippen LogP) is 4.85. The molecule has 1 aromatic carbocycles. The van der Waals surface area contributed by atoms with Gasteiger partial charge in [0.15, 0.2) is 0 Å². The Kier molecular flexibility index (Phi) is 7.08. The molecule has 134 valence electrons. The Morgan fingerprint density at radius 2 is 1.88 bits per heavy atom. The highest BCUT2D eigenvalue weighted by Crippen LogP contribution is 2.32. The Hall–Kier alpha value is -1.75. The lowest BCUT2D eigenvalue weighted by Gasteiger charge is -2.21. The fourth-order valence-corrected chi connectivity index (χ4v) is 2.43. The summed E-state index contributed by atoms with van der Waals surface area (Å²) in [4.78, 5) is 24.2.